The molecule has 0 aliphatic heterocycles. The Morgan fingerprint density at radius 3 is 0.727 bits per heavy atom. The van der Waals surface area contributed by atoms with Gasteiger partial charge in [-0.15, -0.1) is 13.2 Å². The molecule has 0 radical (unpaired) electrons. The fourth-order valence-electron chi connectivity index (χ4n) is 0. The van der Waals surface area contributed by atoms with Gasteiger partial charge in [0.25, 0.3) is 0 Å². The standard InChI is InChI=1S/C2H4.CH4.2H2O2.O2.2H2O/c1-2;;3*1-2;;/h1-2H2;1H4;2*1-2H;;2*1H2. The third-order valence-corrected chi connectivity index (χ3v) is 0. The summed E-state index contributed by atoms with van der Waals surface area (Å²) in [7, 11) is 0. The second-order valence-electron chi connectivity index (χ2n) is 0. The molecule has 0 aromatic rings. The maximum atomic E-state index is 7.00. The molecule has 0 fully saturated rings. The Kier molecular flexibility index (Phi) is 5830. The summed E-state index contributed by atoms with van der Waals surface area (Å²) in [4.78, 5) is 14.0. The summed E-state index contributed by atoms with van der Waals surface area (Å²) in [5.41, 5.74) is 0. The van der Waals surface area contributed by atoms with Gasteiger partial charge in [-0.25, -0.2) is 0 Å². The van der Waals surface area contributed by atoms with E-state index in [4.69, 9.17) is 31.0 Å². The molecule has 0 saturated carbocycles. The van der Waals surface area contributed by atoms with Gasteiger partial charge in [-0.3, -0.25) is 21.0 Å². The minimum atomic E-state index is 0. The van der Waals surface area contributed by atoms with E-state index in [1.165, 1.54) is 0 Å². The SMILES string of the molecule is C.C=C.O.O.O=O.OO.OO. The average molecular weight is 180 g/mol. The van der Waals surface area contributed by atoms with Crippen LogP contribution >= 0.6 is 0 Å². The van der Waals surface area contributed by atoms with Crippen molar-refractivity contribution >= 4 is 0 Å². The van der Waals surface area contributed by atoms with Crippen LogP contribution < -0.4 is 0 Å². The number of hydrogen-bond acceptors (Lipinski definition) is 6. The zero-order valence-corrected chi connectivity index (χ0v) is 5.02. The minimum Gasteiger partial charge on any atom is -0.412 e. The van der Waals surface area contributed by atoms with Gasteiger partial charge in [-0.1, -0.05) is 7.43 Å². The van der Waals surface area contributed by atoms with Gasteiger partial charge in [0.2, 0.25) is 0 Å². The van der Waals surface area contributed by atoms with Crippen molar-refractivity contribution in [2.45, 2.75) is 7.43 Å². The van der Waals surface area contributed by atoms with Crippen LogP contribution in [0.5, 0.6) is 0 Å². The Morgan fingerprint density at radius 1 is 0.727 bits per heavy atom. The molecule has 0 aliphatic rings. The fraction of sp³-hybridized carbons (Fsp3) is 0.333. The van der Waals surface area contributed by atoms with Gasteiger partial charge in [-0.2, -0.15) is 0 Å². The molecular weight excluding hydrogens is 164 g/mol. The predicted molar refractivity (Wildman–Crippen MR) is 42.5 cm³/mol. The van der Waals surface area contributed by atoms with E-state index in [-0.39, 0.29) is 18.4 Å². The highest BCUT2D eigenvalue weighted by molar-refractivity contribution is 4.22. The van der Waals surface area contributed by atoms with Gasteiger partial charge in [-0.05, 0) is 0 Å². The summed E-state index contributed by atoms with van der Waals surface area (Å²) in [6, 6.07) is 0. The first kappa shape index (κ1) is 87.0. The van der Waals surface area contributed by atoms with Crippen molar-refractivity contribution in [3.05, 3.63) is 23.1 Å². The van der Waals surface area contributed by atoms with Crippen molar-refractivity contribution in [1.29, 1.82) is 0 Å². The summed E-state index contributed by atoms with van der Waals surface area (Å²) < 4.78 is 0. The van der Waals surface area contributed by atoms with Crippen molar-refractivity contribution in [3.8, 4) is 0 Å². The highest BCUT2D eigenvalue weighted by atomic mass is 17.0. The Morgan fingerprint density at radius 2 is 0.727 bits per heavy atom. The first-order valence-electron chi connectivity index (χ1n) is 1.07. The summed E-state index contributed by atoms with van der Waals surface area (Å²) in [6.07, 6.45) is 0. The molecule has 8 nitrogen and oxygen atoms in total. The molecule has 11 heavy (non-hydrogen) atoms. The zero-order valence-electron chi connectivity index (χ0n) is 5.02. The second-order valence-corrected chi connectivity index (χ2v) is 0. The quantitative estimate of drug-likeness (QED) is 0.229. The van der Waals surface area contributed by atoms with Gasteiger partial charge in [0.05, 0.1) is 0 Å². The highest BCUT2D eigenvalue weighted by Gasteiger charge is 0.748. The van der Waals surface area contributed by atoms with Crippen molar-refractivity contribution in [2.24, 2.45) is 0 Å². The van der Waals surface area contributed by atoms with E-state index in [1.807, 2.05) is 0 Å². The van der Waals surface area contributed by atoms with E-state index in [0.29, 0.717) is 0 Å². The van der Waals surface area contributed by atoms with Crippen LogP contribution in [0, 0.1) is 9.93 Å². The molecular formula is C3H16O8. The van der Waals surface area contributed by atoms with E-state index >= 15 is 0 Å². The lowest BCUT2D eigenvalue weighted by atomic mass is 11.3. The summed E-state index contributed by atoms with van der Waals surface area (Å²) in [5, 5.41) is 24.0. The van der Waals surface area contributed by atoms with E-state index in [1.54, 1.807) is 0 Å². The van der Waals surface area contributed by atoms with E-state index < -0.39 is 0 Å². The molecule has 0 rings (SSSR count). The largest absolute Gasteiger partial charge is 0.412 e. The molecule has 0 amide bonds. The number of hydrogen-bond donors (Lipinski definition) is 4. The average Bonchev–Trinajstić information content (AvgIpc) is 2.03. The van der Waals surface area contributed by atoms with Crippen LogP contribution in [0.1, 0.15) is 7.43 Å². The van der Waals surface area contributed by atoms with Gasteiger partial charge >= 0.3 is 0 Å². The van der Waals surface area contributed by atoms with Crippen molar-refractivity contribution in [1.82, 2.24) is 0 Å². The normalized spacial score (nSPS) is 1.82. The molecule has 0 heterocycles. The molecule has 76 valence electrons. The van der Waals surface area contributed by atoms with Crippen LogP contribution in [0.15, 0.2) is 13.2 Å². The number of rotatable bonds is 0. The summed E-state index contributed by atoms with van der Waals surface area (Å²) >= 11 is 0. The van der Waals surface area contributed by atoms with Crippen molar-refractivity contribution < 1.29 is 32.0 Å². The van der Waals surface area contributed by atoms with Crippen molar-refractivity contribution in [2.75, 3.05) is 0 Å². The monoisotopic (exact) mass is 180 g/mol. The Balaban J connectivity index is -0.00000000356. The third kappa shape index (κ3) is 566. The second kappa shape index (κ2) is 737. The van der Waals surface area contributed by atoms with Crippen molar-refractivity contribution in [3.63, 3.8) is 0 Å². The molecule has 0 spiro atoms. The Hall–Kier alpha value is -0.900. The first-order valence-corrected chi connectivity index (χ1v) is 1.07. The topological polar surface area (TPSA) is 178 Å². The smallest absolute Gasteiger partial charge is 0 e. The van der Waals surface area contributed by atoms with Gasteiger partial charge in [0.15, 0.2) is 0 Å². The molecule has 0 aromatic heterocycles. The van der Waals surface area contributed by atoms with Crippen LogP contribution in [-0.2, 0) is 0 Å². The maximum Gasteiger partial charge on any atom is 0 e. The minimum absolute atomic E-state index is 0. The lowest BCUT2D eigenvalue weighted by Crippen LogP contribution is -1.29. The van der Waals surface area contributed by atoms with Crippen LogP contribution in [0.4, 0.5) is 0 Å². The molecule has 0 aromatic carbocycles. The van der Waals surface area contributed by atoms with E-state index in [9.17, 15) is 0 Å². The predicted octanol–water partition coefficient (Wildman–Crippen LogP) is -0.109. The Bertz CT molecular complexity index is 11.3. The molecule has 0 saturated heterocycles. The third-order valence-electron chi connectivity index (χ3n) is 0. The van der Waals surface area contributed by atoms with Gasteiger partial charge in [0.1, 0.15) is 0 Å². The molecule has 0 aliphatic carbocycles. The van der Waals surface area contributed by atoms with Gasteiger partial charge in [0, 0.05) is 9.93 Å². The molecule has 0 bridgehead atoms. The summed E-state index contributed by atoms with van der Waals surface area (Å²) in [5.74, 6) is 0. The van der Waals surface area contributed by atoms with Crippen LogP contribution in [0.2, 0.25) is 0 Å². The van der Waals surface area contributed by atoms with E-state index in [2.05, 4.69) is 13.2 Å². The Labute approximate surface area is 63.7 Å². The molecule has 8 N–H and O–H groups in total. The lowest BCUT2D eigenvalue weighted by Gasteiger charge is -1.25. The molecule has 8 heteroatoms. The fourth-order valence-corrected chi connectivity index (χ4v) is 0. The molecule has 0 unspecified atom stereocenters. The highest BCUT2D eigenvalue weighted by Crippen LogP contribution is 0.862. The van der Waals surface area contributed by atoms with Crippen LogP contribution in [-0.4, -0.2) is 32.0 Å². The molecule has 0 atom stereocenters. The van der Waals surface area contributed by atoms with Gasteiger partial charge < -0.3 is 11.0 Å². The van der Waals surface area contributed by atoms with Crippen LogP contribution in [0.25, 0.3) is 0 Å². The zero-order chi connectivity index (χ0) is 8.00. The maximum absolute atomic E-state index is 7.00. The van der Waals surface area contributed by atoms with Crippen LogP contribution in [0.3, 0.4) is 0 Å². The van der Waals surface area contributed by atoms with E-state index in [0.717, 1.165) is 0 Å². The first-order chi connectivity index (χ1) is 4.00. The lowest BCUT2D eigenvalue weighted by molar-refractivity contribution is -0.176. The summed E-state index contributed by atoms with van der Waals surface area (Å²) in [6.45, 7) is 6.00.